The van der Waals surface area contributed by atoms with Crippen molar-refractivity contribution in [2.75, 3.05) is 0 Å². The van der Waals surface area contributed by atoms with Crippen LogP contribution in [0.3, 0.4) is 0 Å². The highest BCUT2D eigenvalue weighted by atomic mass is 19.3. The van der Waals surface area contributed by atoms with Gasteiger partial charge in [-0.25, -0.2) is 8.78 Å². The maximum absolute atomic E-state index is 14.9. The lowest BCUT2D eigenvalue weighted by Gasteiger charge is -2.32. The second-order valence-corrected chi connectivity index (χ2v) is 15.6. The fourth-order valence-electron chi connectivity index (χ4n) is 10.2. The van der Waals surface area contributed by atoms with E-state index < -0.39 is 5.92 Å². The van der Waals surface area contributed by atoms with Crippen LogP contribution in [-0.2, 0) is 4.79 Å². The summed E-state index contributed by atoms with van der Waals surface area (Å²) in [6, 6.07) is 10.3. The van der Waals surface area contributed by atoms with Crippen LogP contribution in [0.4, 0.5) is 8.78 Å². The monoisotopic (exact) mass is 630 g/mol. The molecule has 5 aliphatic carbocycles. The second-order valence-electron chi connectivity index (χ2n) is 15.6. The Balaban J connectivity index is 1.06. The van der Waals surface area contributed by atoms with E-state index in [0.29, 0.717) is 42.0 Å². The van der Waals surface area contributed by atoms with Gasteiger partial charge < -0.3 is 4.74 Å². The zero-order valence-corrected chi connectivity index (χ0v) is 28.2. The number of rotatable bonds is 10. The summed E-state index contributed by atoms with van der Waals surface area (Å²) < 4.78 is 36.1. The van der Waals surface area contributed by atoms with Crippen LogP contribution in [0.2, 0.25) is 0 Å². The zero-order chi connectivity index (χ0) is 32.1. The van der Waals surface area contributed by atoms with Gasteiger partial charge in [0.2, 0.25) is 0 Å². The van der Waals surface area contributed by atoms with E-state index in [2.05, 4.69) is 25.6 Å². The number of hydrogen-bond acceptors (Lipinski definition) is 2. The first-order chi connectivity index (χ1) is 22.3. The van der Waals surface area contributed by atoms with Crippen LogP contribution in [0.1, 0.15) is 122 Å². The fourth-order valence-corrected chi connectivity index (χ4v) is 10.2. The first-order valence-corrected chi connectivity index (χ1v) is 18.6. The lowest BCUT2D eigenvalue weighted by molar-refractivity contribution is -0.131. The van der Waals surface area contributed by atoms with Gasteiger partial charge in [-0.3, -0.25) is 4.79 Å². The Kier molecular flexibility index (Phi) is 10.7. The van der Waals surface area contributed by atoms with E-state index in [-0.39, 0.29) is 17.4 Å². The molecule has 6 rings (SSSR count). The SMILES string of the molecule is C=CCC(F)(F)C1=CC2=C(CCC=C1)CCC(CC(=O)C13CCCC1CC(C(C)C1CCCC(Oc4ccccc4)CC1)C3)CC2. The molecule has 0 spiro atoms. The Morgan fingerprint density at radius 2 is 1.85 bits per heavy atom. The summed E-state index contributed by atoms with van der Waals surface area (Å²) in [6.45, 7) is 6.04. The number of alkyl halides is 2. The molecule has 46 heavy (non-hydrogen) atoms. The van der Waals surface area contributed by atoms with Gasteiger partial charge in [0, 0.05) is 23.8 Å². The van der Waals surface area contributed by atoms with Crippen molar-refractivity contribution in [3.8, 4) is 5.75 Å². The second kappa shape index (κ2) is 14.7. The van der Waals surface area contributed by atoms with E-state index in [1.165, 1.54) is 50.2 Å². The highest BCUT2D eigenvalue weighted by molar-refractivity contribution is 5.86. The van der Waals surface area contributed by atoms with Crippen molar-refractivity contribution in [3.05, 3.63) is 77.9 Å². The third-order valence-corrected chi connectivity index (χ3v) is 12.9. The van der Waals surface area contributed by atoms with Crippen molar-refractivity contribution in [1.29, 1.82) is 0 Å². The summed E-state index contributed by atoms with van der Waals surface area (Å²) in [5.41, 5.74) is 2.43. The summed E-state index contributed by atoms with van der Waals surface area (Å²) in [5.74, 6) is 1.57. The van der Waals surface area contributed by atoms with Crippen molar-refractivity contribution < 1.29 is 18.3 Å². The minimum Gasteiger partial charge on any atom is -0.490 e. The van der Waals surface area contributed by atoms with Gasteiger partial charge in [-0.05, 0) is 143 Å². The third-order valence-electron chi connectivity index (χ3n) is 12.9. The Labute approximate surface area is 276 Å². The average Bonchev–Trinajstić information content (AvgIpc) is 3.44. The fraction of sp³-hybridized carbons (Fsp3) is 0.643. The molecule has 3 fully saturated rings. The smallest absolute Gasteiger partial charge is 0.276 e. The first kappa shape index (κ1) is 33.4. The van der Waals surface area contributed by atoms with Crippen LogP contribution in [0, 0.1) is 35.0 Å². The van der Waals surface area contributed by atoms with Gasteiger partial charge in [0.15, 0.2) is 0 Å². The largest absolute Gasteiger partial charge is 0.490 e. The number of ketones is 1. The molecular weight excluding hydrogens is 574 g/mol. The molecule has 0 saturated heterocycles. The highest BCUT2D eigenvalue weighted by Gasteiger charge is 2.55. The number of benzene rings is 1. The van der Waals surface area contributed by atoms with Crippen molar-refractivity contribution >= 4 is 5.78 Å². The molecule has 7 atom stereocenters. The van der Waals surface area contributed by atoms with Gasteiger partial charge in [-0.2, -0.15) is 0 Å². The van der Waals surface area contributed by atoms with E-state index in [1.807, 2.05) is 24.3 Å². The molecule has 5 aliphatic rings. The number of carbonyl (C=O) groups excluding carboxylic acids is 1. The molecule has 0 aromatic heterocycles. The van der Waals surface area contributed by atoms with Gasteiger partial charge >= 0.3 is 0 Å². The van der Waals surface area contributed by atoms with E-state index in [4.69, 9.17) is 4.74 Å². The van der Waals surface area contributed by atoms with Crippen LogP contribution in [-0.4, -0.2) is 17.8 Å². The van der Waals surface area contributed by atoms with E-state index in [0.717, 1.165) is 81.4 Å². The Hall–Kier alpha value is -2.49. The van der Waals surface area contributed by atoms with E-state index in [9.17, 15) is 13.6 Å². The maximum Gasteiger partial charge on any atom is 0.276 e. The summed E-state index contributed by atoms with van der Waals surface area (Å²) in [4.78, 5) is 14.4. The highest BCUT2D eigenvalue weighted by Crippen LogP contribution is 2.60. The molecule has 250 valence electrons. The lowest BCUT2D eigenvalue weighted by Crippen LogP contribution is -2.33. The maximum atomic E-state index is 14.9. The molecular formula is C42H56F2O2. The molecule has 0 amide bonds. The van der Waals surface area contributed by atoms with E-state index >= 15 is 0 Å². The van der Waals surface area contributed by atoms with Gasteiger partial charge in [0.25, 0.3) is 5.92 Å². The van der Waals surface area contributed by atoms with Crippen molar-refractivity contribution in [3.63, 3.8) is 0 Å². The van der Waals surface area contributed by atoms with Crippen LogP contribution in [0.5, 0.6) is 5.75 Å². The molecule has 1 aromatic rings. The third kappa shape index (κ3) is 7.47. The zero-order valence-electron chi connectivity index (χ0n) is 28.2. The lowest BCUT2D eigenvalue weighted by atomic mass is 9.71. The van der Waals surface area contributed by atoms with Gasteiger partial charge in [0.1, 0.15) is 11.5 Å². The summed E-state index contributed by atoms with van der Waals surface area (Å²) in [7, 11) is 0. The molecule has 0 aliphatic heterocycles. The number of allylic oxidation sites excluding steroid dienone is 7. The number of hydrogen-bond donors (Lipinski definition) is 0. The molecule has 7 unspecified atom stereocenters. The molecule has 0 bridgehead atoms. The molecule has 2 nitrogen and oxygen atoms in total. The summed E-state index contributed by atoms with van der Waals surface area (Å²) in [5, 5.41) is 0. The Bertz CT molecular complexity index is 1310. The number of Topliss-reactive ketones (excluding diaryl/α,β-unsaturated/α-hetero) is 1. The summed E-state index contributed by atoms with van der Waals surface area (Å²) >= 11 is 0. The average molecular weight is 631 g/mol. The number of carbonyl (C=O) groups is 1. The minimum atomic E-state index is -2.89. The van der Waals surface area contributed by atoms with Crippen molar-refractivity contribution in [2.24, 2.45) is 35.0 Å². The molecule has 1 aromatic carbocycles. The van der Waals surface area contributed by atoms with Crippen LogP contribution in [0.25, 0.3) is 0 Å². The van der Waals surface area contributed by atoms with Gasteiger partial charge in [-0.1, -0.05) is 61.8 Å². The number of ether oxygens (including phenoxy) is 1. The normalized spacial score (nSPS) is 32.7. The van der Waals surface area contributed by atoms with Crippen LogP contribution < -0.4 is 4.74 Å². The molecule has 0 heterocycles. The van der Waals surface area contributed by atoms with E-state index in [1.54, 1.807) is 12.2 Å². The van der Waals surface area contributed by atoms with Gasteiger partial charge in [0.05, 0.1) is 6.10 Å². The van der Waals surface area contributed by atoms with Gasteiger partial charge in [-0.15, -0.1) is 6.58 Å². The molecule has 0 N–H and O–H groups in total. The van der Waals surface area contributed by atoms with Crippen molar-refractivity contribution in [2.45, 2.75) is 135 Å². The van der Waals surface area contributed by atoms with Crippen molar-refractivity contribution in [1.82, 2.24) is 0 Å². The Morgan fingerprint density at radius 1 is 1.02 bits per heavy atom. The predicted molar refractivity (Wildman–Crippen MR) is 184 cm³/mol. The summed E-state index contributed by atoms with van der Waals surface area (Å²) in [6.07, 6.45) is 24.5. The number of halogens is 2. The molecule has 4 heteroatoms. The van der Waals surface area contributed by atoms with Crippen LogP contribution in [0.15, 0.2) is 77.9 Å². The van der Waals surface area contributed by atoms with Crippen LogP contribution >= 0.6 is 0 Å². The Morgan fingerprint density at radius 3 is 2.67 bits per heavy atom. The number of para-hydroxylation sites is 1. The number of fused-ring (bicyclic) bond motifs is 1. The standard InChI is InChI=1S/C42H56F2O2/c1-3-24-42(43,44)37-13-8-7-11-33-20-18-31(19-21-34(33)27-37)26-40(45)41-25-10-14-36(41)28-35(29-41)30(2)32-12-9-17-39(23-22-32)46-38-15-5-4-6-16-38/h3-6,8,13,15-16,27,30-32,35-36,39H,1,7,9-12,14,17-26,28-29H2,2H3. The first-order valence-electron chi connectivity index (χ1n) is 18.6. The topological polar surface area (TPSA) is 26.3 Å². The molecule has 3 saturated carbocycles. The molecule has 0 radical (unpaired) electrons. The quantitative estimate of drug-likeness (QED) is 0.190. The minimum absolute atomic E-state index is 0.110. The predicted octanol–water partition coefficient (Wildman–Crippen LogP) is 11.8.